The van der Waals surface area contributed by atoms with Crippen LogP contribution in [-0.4, -0.2) is 21.3 Å². The van der Waals surface area contributed by atoms with Crippen LogP contribution in [0, 0.1) is 0 Å². The molecule has 0 radical (unpaired) electrons. The van der Waals surface area contributed by atoms with E-state index in [0.29, 0.717) is 5.75 Å². The lowest BCUT2D eigenvalue weighted by molar-refractivity contribution is -0.364. The van der Waals surface area contributed by atoms with Gasteiger partial charge in [0.25, 0.3) is 0 Å². The molecule has 0 saturated heterocycles. The van der Waals surface area contributed by atoms with Gasteiger partial charge in [0, 0.05) is 26.9 Å². The third kappa shape index (κ3) is 2.99. The summed E-state index contributed by atoms with van der Waals surface area (Å²) in [6.07, 6.45) is 0. The first-order valence-corrected chi connectivity index (χ1v) is 6.23. The predicted octanol–water partition coefficient (Wildman–Crippen LogP) is 3.53. The maximum Gasteiger partial charge on any atom is 0.311 e. The minimum absolute atomic E-state index is 0.684. The van der Waals surface area contributed by atoms with Crippen molar-refractivity contribution in [2.75, 3.05) is 21.3 Å². The van der Waals surface area contributed by atoms with Crippen molar-refractivity contribution in [3.63, 3.8) is 0 Å². The zero-order chi connectivity index (χ0) is 14.4. The summed E-state index contributed by atoms with van der Waals surface area (Å²) in [4.78, 5) is 0. The zero-order valence-corrected chi connectivity index (χ0v) is 11.8. The molecule has 0 fully saturated rings. The SMILES string of the molecule is COC(OC)(OC)c1cccc(Oc2ccccc2)c1. The third-order valence-corrected chi connectivity index (χ3v) is 2.97. The number of benzene rings is 2. The summed E-state index contributed by atoms with van der Waals surface area (Å²) in [6, 6.07) is 17.0. The van der Waals surface area contributed by atoms with E-state index in [1.807, 2.05) is 54.6 Å². The Morgan fingerprint density at radius 1 is 0.700 bits per heavy atom. The fourth-order valence-electron chi connectivity index (χ4n) is 1.98. The zero-order valence-electron chi connectivity index (χ0n) is 11.8. The van der Waals surface area contributed by atoms with Crippen LogP contribution in [0.25, 0.3) is 0 Å². The lowest BCUT2D eigenvalue weighted by Crippen LogP contribution is -2.32. The fraction of sp³-hybridized carbons (Fsp3) is 0.250. The number of rotatable bonds is 6. The molecule has 0 aliphatic rings. The molecule has 0 N–H and O–H groups in total. The Kier molecular flexibility index (Phi) is 4.74. The maximum atomic E-state index is 5.78. The Bertz CT molecular complexity index is 527. The maximum absolute atomic E-state index is 5.78. The molecule has 0 amide bonds. The van der Waals surface area contributed by atoms with Crippen LogP contribution in [0.5, 0.6) is 11.5 Å². The van der Waals surface area contributed by atoms with Crippen LogP contribution in [0.4, 0.5) is 0 Å². The van der Waals surface area contributed by atoms with Gasteiger partial charge in [-0.3, -0.25) is 0 Å². The second-order valence-corrected chi connectivity index (χ2v) is 4.11. The third-order valence-electron chi connectivity index (χ3n) is 2.97. The highest BCUT2D eigenvalue weighted by Gasteiger charge is 2.32. The summed E-state index contributed by atoms with van der Waals surface area (Å²) in [6.45, 7) is 0. The molecule has 0 bridgehead atoms. The molecule has 0 heterocycles. The minimum atomic E-state index is -1.23. The Hall–Kier alpha value is -1.88. The molecule has 0 unspecified atom stereocenters. The quantitative estimate of drug-likeness (QED) is 0.755. The van der Waals surface area contributed by atoms with E-state index in [4.69, 9.17) is 18.9 Å². The first-order chi connectivity index (χ1) is 9.74. The second kappa shape index (κ2) is 6.52. The molecule has 2 aromatic carbocycles. The van der Waals surface area contributed by atoms with Crippen LogP contribution in [0.3, 0.4) is 0 Å². The van der Waals surface area contributed by atoms with Gasteiger partial charge >= 0.3 is 5.97 Å². The highest BCUT2D eigenvalue weighted by Crippen LogP contribution is 2.30. The van der Waals surface area contributed by atoms with Crippen molar-refractivity contribution in [1.82, 2.24) is 0 Å². The van der Waals surface area contributed by atoms with E-state index in [9.17, 15) is 0 Å². The van der Waals surface area contributed by atoms with Gasteiger partial charge in [-0.1, -0.05) is 30.3 Å². The van der Waals surface area contributed by atoms with Gasteiger partial charge in [-0.05, 0) is 24.3 Å². The molecule has 0 aliphatic heterocycles. The normalized spacial score (nSPS) is 11.3. The van der Waals surface area contributed by atoms with E-state index < -0.39 is 5.97 Å². The average molecular weight is 274 g/mol. The van der Waals surface area contributed by atoms with Crippen molar-refractivity contribution in [3.8, 4) is 11.5 Å². The van der Waals surface area contributed by atoms with Gasteiger partial charge in [0.05, 0.1) is 0 Å². The summed E-state index contributed by atoms with van der Waals surface area (Å²) >= 11 is 0. The van der Waals surface area contributed by atoms with Gasteiger partial charge < -0.3 is 18.9 Å². The minimum Gasteiger partial charge on any atom is -0.457 e. The molecule has 20 heavy (non-hydrogen) atoms. The first kappa shape index (κ1) is 14.5. The van der Waals surface area contributed by atoms with Crippen molar-refractivity contribution < 1.29 is 18.9 Å². The number of ether oxygens (including phenoxy) is 4. The van der Waals surface area contributed by atoms with Crippen molar-refractivity contribution in [1.29, 1.82) is 0 Å². The largest absolute Gasteiger partial charge is 0.457 e. The summed E-state index contributed by atoms with van der Waals surface area (Å²) in [5, 5.41) is 0. The molecule has 2 rings (SSSR count). The van der Waals surface area contributed by atoms with E-state index in [1.54, 1.807) is 0 Å². The molecule has 4 heteroatoms. The van der Waals surface area contributed by atoms with Crippen LogP contribution >= 0.6 is 0 Å². The summed E-state index contributed by atoms with van der Waals surface area (Å²) < 4.78 is 21.8. The van der Waals surface area contributed by atoms with Gasteiger partial charge in [0.15, 0.2) is 0 Å². The van der Waals surface area contributed by atoms with E-state index in [2.05, 4.69) is 0 Å². The van der Waals surface area contributed by atoms with Crippen molar-refractivity contribution in [2.45, 2.75) is 5.97 Å². The van der Waals surface area contributed by atoms with Crippen LogP contribution in [0.1, 0.15) is 5.56 Å². The monoisotopic (exact) mass is 274 g/mol. The fourth-order valence-corrected chi connectivity index (χ4v) is 1.98. The second-order valence-electron chi connectivity index (χ2n) is 4.11. The van der Waals surface area contributed by atoms with E-state index >= 15 is 0 Å². The average Bonchev–Trinajstić information content (AvgIpc) is 2.51. The Morgan fingerprint density at radius 3 is 1.90 bits per heavy atom. The molecular formula is C16H18O4. The lowest BCUT2D eigenvalue weighted by Gasteiger charge is -2.29. The molecule has 0 spiro atoms. The molecule has 4 nitrogen and oxygen atoms in total. The molecule has 0 aliphatic carbocycles. The smallest absolute Gasteiger partial charge is 0.311 e. The summed E-state index contributed by atoms with van der Waals surface area (Å²) in [7, 11) is 4.58. The Morgan fingerprint density at radius 2 is 1.30 bits per heavy atom. The molecule has 106 valence electrons. The number of methoxy groups -OCH3 is 3. The van der Waals surface area contributed by atoms with Gasteiger partial charge in [0.1, 0.15) is 11.5 Å². The molecule has 0 saturated carbocycles. The lowest BCUT2D eigenvalue weighted by atomic mass is 10.1. The van der Waals surface area contributed by atoms with Crippen LogP contribution in [0.15, 0.2) is 54.6 Å². The molecular weight excluding hydrogens is 256 g/mol. The van der Waals surface area contributed by atoms with E-state index in [1.165, 1.54) is 21.3 Å². The first-order valence-electron chi connectivity index (χ1n) is 6.23. The summed E-state index contributed by atoms with van der Waals surface area (Å²) in [5.74, 6) is 0.225. The topological polar surface area (TPSA) is 36.9 Å². The Balaban J connectivity index is 2.28. The van der Waals surface area contributed by atoms with Gasteiger partial charge in [-0.2, -0.15) is 0 Å². The van der Waals surface area contributed by atoms with E-state index in [-0.39, 0.29) is 0 Å². The van der Waals surface area contributed by atoms with Crippen LogP contribution < -0.4 is 4.74 Å². The van der Waals surface area contributed by atoms with Gasteiger partial charge in [-0.25, -0.2) is 0 Å². The van der Waals surface area contributed by atoms with Crippen LogP contribution in [0.2, 0.25) is 0 Å². The predicted molar refractivity (Wildman–Crippen MR) is 75.7 cm³/mol. The number of hydrogen-bond donors (Lipinski definition) is 0. The molecule has 0 atom stereocenters. The standard InChI is InChI=1S/C16H18O4/c1-17-16(18-2,19-3)13-8-7-11-15(12-13)20-14-9-5-4-6-10-14/h4-12H,1-3H3. The highest BCUT2D eigenvalue weighted by atomic mass is 16.9. The number of para-hydroxylation sites is 1. The summed E-state index contributed by atoms with van der Waals surface area (Å²) in [5.41, 5.74) is 0.721. The molecule has 2 aromatic rings. The Labute approximate surface area is 118 Å². The van der Waals surface area contributed by atoms with Gasteiger partial charge in [0.2, 0.25) is 0 Å². The van der Waals surface area contributed by atoms with Crippen LogP contribution in [-0.2, 0) is 20.2 Å². The van der Waals surface area contributed by atoms with Crippen molar-refractivity contribution >= 4 is 0 Å². The van der Waals surface area contributed by atoms with Crippen molar-refractivity contribution in [2.24, 2.45) is 0 Å². The van der Waals surface area contributed by atoms with E-state index in [0.717, 1.165) is 11.3 Å². The highest BCUT2D eigenvalue weighted by molar-refractivity contribution is 5.35. The molecule has 0 aromatic heterocycles. The van der Waals surface area contributed by atoms with Crippen molar-refractivity contribution in [3.05, 3.63) is 60.2 Å². The number of hydrogen-bond acceptors (Lipinski definition) is 4. The van der Waals surface area contributed by atoms with Gasteiger partial charge in [-0.15, -0.1) is 0 Å².